The molecule has 6 nitrogen and oxygen atoms in total. The summed E-state index contributed by atoms with van der Waals surface area (Å²) < 4.78 is 0. The van der Waals surface area contributed by atoms with Gasteiger partial charge in [-0.2, -0.15) is 0 Å². The summed E-state index contributed by atoms with van der Waals surface area (Å²) in [6.45, 7) is -0.216. The van der Waals surface area contributed by atoms with Crippen LogP contribution in [0.3, 0.4) is 0 Å². The Kier molecular flexibility index (Phi) is 5.25. The molecule has 2 aromatic rings. The van der Waals surface area contributed by atoms with E-state index in [4.69, 9.17) is 0 Å². The summed E-state index contributed by atoms with van der Waals surface area (Å²) >= 11 is 0. The van der Waals surface area contributed by atoms with Crippen molar-refractivity contribution in [2.24, 2.45) is 0 Å². The third-order valence-electron chi connectivity index (χ3n) is 2.83. The predicted octanol–water partition coefficient (Wildman–Crippen LogP) is 3.05. The van der Waals surface area contributed by atoms with Crippen LogP contribution < -0.4 is 5.32 Å². The minimum absolute atomic E-state index is 0.216. The molecule has 2 aromatic carbocycles. The van der Waals surface area contributed by atoms with Crippen molar-refractivity contribution in [3.63, 3.8) is 0 Å². The SMILES string of the molecule is O=C(/C=C/c1ccccc1)Nc1ccccc1CO[N+](=O)[O-]. The monoisotopic (exact) mass is 298 g/mol. The Morgan fingerprint density at radius 2 is 1.82 bits per heavy atom. The topological polar surface area (TPSA) is 81.5 Å². The molecule has 112 valence electrons. The molecule has 0 bridgehead atoms. The summed E-state index contributed by atoms with van der Waals surface area (Å²) in [5.41, 5.74) is 1.91. The van der Waals surface area contributed by atoms with E-state index in [0.717, 1.165) is 5.56 Å². The molecule has 0 atom stereocenters. The maximum atomic E-state index is 11.9. The van der Waals surface area contributed by atoms with Crippen LogP contribution in [0.1, 0.15) is 11.1 Å². The molecule has 0 aliphatic rings. The van der Waals surface area contributed by atoms with E-state index in [-0.39, 0.29) is 12.5 Å². The lowest BCUT2D eigenvalue weighted by atomic mass is 10.2. The van der Waals surface area contributed by atoms with Crippen molar-refractivity contribution in [3.8, 4) is 0 Å². The van der Waals surface area contributed by atoms with Crippen LogP contribution in [0.15, 0.2) is 60.7 Å². The maximum Gasteiger partial charge on any atom is 0.294 e. The molecule has 0 aromatic heterocycles. The smallest absolute Gasteiger partial charge is 0.294 e. The van der Waals surface area contributed by atoms with Crippen LogP contribution in [0.5, 0.6) is 0 Å². The average Bonchev–Trinajstić information content (AvgIpc) is 2.53. The van der Waals surface area contributed by atoms with E-state index in [9.17, 15) is 14.9 Å². The first-order valence-electron chi connectivity index (χ1n) is 6.54. The fourth-order valence-corrected chi connectivity index (χ4v) is 1.80. The van der Waals surface area contributed by atoms with Gasteiger partial charge in [-0.25, -0.2) is 0 Å². The molecule has 0 heterocycles. The van der Waals surface area contributed by atoms with E-state index in [0.29, 0.717) is 11.3 Å². The van der Waals surface area contributed by atoms with Crippen LogP contribution in [-0.4, -0.2) is 11.0 Å². The number of anilines is 1. The number of nitrogens with zero attached hydrogens (tertiary/aromatic N) is 1. The zero-order chi connectivity index (χ0) is 15.8. The van der Waals surface area contributed by atoms with Crippen LogP contribution in [0.25, 0.3) is 6.08 Å². The Morgan fingerprint density at radius 1 is 1.14 bits per heavy atom. The van der Waals surface area contributed by atoms with E-state index < -0.39 is 5.09 Å². The zero-order valence-electron chi connectivity index (χ0n) is 11.6. The highest BCUT2D eigenvalue weighted by Gasteiger charge is 2.06. The highest BCUT2D eigenvalue weighted by molar-refractivity contribution is 6.02. The molecule has 0 saturated heterocycles. The van der Waals surface area contributed by atoms with Crippen molar-refractivity contribution < 1.29 is 14.7 Å². The van der Waals surface area contributed by atoms with Gasteiger partial charge in [0.05, 0.1) is 0 Å². The molecule has 0 spiro atoms. The first-order chi connectivity index (χ1) is 10.6. The average molecular weight is 298 g/mol. The Hall–Kier alpha value is -3.15. The lowest BCUT2D eigenvalue weighted by Crippen LogP contribution is -2.11. The Balaban J connectivity index is 2.02. The maximum absolute atomic E-state index is 11.9. The minimum atomic E-state index is -0.867. The zero-order valence-corrected chi connectivity index (χ0v) is 11.6. The molecule has 0 radical (unpaired) electrons. The summed E-state index contributed by atoms with van der Waals surface area (Å²) in [7, 11) is 0. The second-order valence-corrected chi connectivity index (χ2v) is 4.39. The molecular formula is C16H14N2O4. The number of amides is 1. The van der Waals surface area contributed by atoms with Gasteiger partial charge in [-0.1, -0.05) is 48.5 Å². The summed E-state index contributed by atoms with van der Waals surface area (Å²) in [4.78, 5) is 26.5. The van der Waals surface area contributed by atoms with Gasteiger partial charge in [0.1, 0.15) is 6.61 Å². The van der Waals surface area contributed by atoms with Gasteiger partial charge in [-0.15, -0.1) is 10.1 Å². The minimum Gasteiger partial charge on any atom is -0.322 e. The number of nitrogens with one attached hydrogen (secondary N) is 1. The van der Waals surface area contributed by atoms with Gasteiger partial charge in [0.2, 0.25) is 5.91 Å². The number of hydrogen-bond donors (Lipinski definition) is 1. The number of para-hydroxylation sites is 1. The molecule has 0 fully saturated rings. The van der Waals surface area contributed by atoms with Gasteiger partial charge in [0, 0.05) is 17.3 Å². The molecule has 0 saturated carbocycles. The van der Waals surface area contributed by atoms with E-state index >= 15 is 0 Å². The number of hydrogen-bond acceptors (Lipinski definition) is 4. The highest BCUT2D eigenvalue weighted by Crippen LogP contribution is 2.16. The first kappa shape index (κ1) is 15.2. The van der Waals surface area contributed by atoms with Gasteiger partial charge >= 0.3 is 0 Å². The van der Waals surface area contributed by atoms with Gasteiger partial charge in [0.25, 0.3) is 5.09 Å². The lowest BCUT2D eigenvalue weighted by Gasteiger charge is -2.08. The normalized spacial score (nSPS) is 10.4. The molecule has 0 aliphatic heterocycles. The quantitative estimate of drug-likeness (QED) is 0.505. The summed E-state index contributed by atoms with van der Waals surface area (Å²) in [5.74, 6) is -0.322. The second kappa shape index (κ2) is 7.58. The molecule has 1 N–H and O–H groups in total. The third-order valence-corrected chi connectivity index (χ3v) is 2.83. The number of rotatable bonds is 6. The molecule has 2 rings (SSSR count). The van der Waals surface area contributed by atoms with Gasteiger partial charge in [-0.05, 0) is 17.7 Å². The van der Waals surface area contributed by atoms with Crippen LogP contribution in [0.4, 0.5) is 5.69 Å². The van der Waals surface area contributed by atoms with E-state index in [1.165, 1.54) is 6.08 Å². The van der Waals surface area contributed by atoms with Crippen molar-refractivity contribution in [2.45, 2.75) is 6.61 Å². The first-order valence-corrected chi connectivity index (χ1v) is 6.54. The van der Waals surface area contributed by atoms with Crippen molar-refractivity contribution in [1.82, 2.24) is 0 Å². The molecule has 0 unspecified atom stereocenters. The Labute approximate surface area is 127 Å². The summed E-state index contributed by atoms with van der Waals surface area (Å²) in [6.07, 6.45) is 3.09. The van der Waals surface area contributed by atoms with E-state index in [1.807, 2.05) is 30.3 Å². The van der Waals surface area contributed by atoms with E-state index in [2.05, 4.69) is 10.2 Å². The van der Waals surface area contributed by atoms with Crippen LogP contribution >= 0.6 is 0 Å². The lowest BCUT2D eigenvalue weighted by molar-refractivity contribution is -0.762. The number of benzene rings is 2. The van der Waals surface area contributed by atoms with Crippen LogP contribution in [-0.2, 0) is 16.2 Å². The van der Waals surface area contributed by atoms with Crippen LogP contribution in [0, 0.1) is 10.1 Å². The number of carbonyl (C=O) groups excluding carboxylic acids is 1. The molecule has 22 heavy (non-hydrogen) atoms. The van der Waals surface area contributed by atoms with Crippen LogP contribution in [0.2, 0.25) is 0 Å². The third kappa shape index (κ3) is 4.75. The molecule has 0 aliphatic carbocycles. The van der Waals surface area contributed by atoms with Crippen molar-refractivity contribution in [1.29, 1.82) is 0 Å². The standard InChI is InChI=1S/C16H14N2O4/c19-16(11-10-13-6-2-1-3-7-13)17-15-9-5-4-8-14(15)12-22-18(20)21/h1-11H,12H2,(H,17,19)/b11-10+. The molecule has 6 heteroatoms. The fourth-order valence-electron chi connectivity index (χ4n) is 1.80. The second-order valence-electron chi connectivity index (χ2n) is 4.39. The van der Waals surface area contributed by atoms with Crippen molar-refractivity contribution >= 4 is 17.7 Å². The molecular weight excluding hydrogens is 284 g/mol. The number of carbonyl (C=O) groups is 1. The molecule has 1 amide bonds. The van der Waals surface area contributed by atoms with E-state index in [1.54, 1.807) is 30.3 Å². The largest absolute Gasteiger partial charge is 0.322 e. The van der Waals surface area contributed by atoms with Gasteiger partial charge in [0.15, 0.2) is 0 Å². The predicted molar refractivity (Wildman–Crippen MR) is 82.3 cm³/mol. The summed E-state index contributed by atoms with van der Waals surface area (Å²) in [5, 5.41) is 12.1. The fraction of sp³-hybridized carbons (Fsp3) is 0.0625. The van der Waals surface area contributed by atoms with Crippen molar-refractivity contribution in [2.75, 3.05) is 5.32 Å². The summed E-state index contributed by atoms with van der Waals surface area (Å²) in [6, 6.07) is 16.2. The van der Waals surface area contributed by atoms with Crippen molar-refractivity contribution in [3.05, 3.63) is 81.9 Å². The van der Waals surface area contributed by atoms with Gasteiger partial charge < -0.3 is 10.2 Å². The Morgan fingerprint density at radius 3 is 2.55 bits per heavy atom. The highest BCUT2D eigenvalue weighted by atomic mass is 16.9. The Bertz CT molecular complexity index is 684. The van der Waals surface area contributed by atoms with Gasteiger partial charge in [-0.3, -0.25) is 4.79 Å².